The van der Waals surface area contributed by atoms with E-state index in [0.717, 1.165) is 12.8 Å². The lowest BCUT2D eigenvalue weighted by molar-refractivity contribution is 0.526. The maximum absolute atomic E-state index is 5.57. The van der Waals surface area contributed by atoms with Crippen molar-refractivity contribution in [2.45, 2.75) is 39.2 Å². The van der Waals surface area contributed by atoms with Crippen LogP contribution >= 0.6 is 0 Å². The minimum absolute atomic E-state index is 0.0719. The average molecular weight is 206 g/mol. The lowest BCUT2D eigenvalue weighted by atomic mass is 10.00. The van der Waals surface area contributed by atoms with Crippen molar-refractivity contribution >= 4 is 5.69 Å². The van der Waals surface area contributed by atoms with Crippen molar-refractivity contribution in [3.63, 3.8) is 0 Å². The van der Waals surface area contributed by atoms with E-state index in [1.807, 2.05) is 0 Å². The Morgan fingerprint density at radius 1 is 1.20 bits per heavy atom. The molecule has 1 rings (SSSR count). The number of hydrogen-bond acceptors (Lipinski definition) is 2. The summed E-state index contributed by atoms with van der Waals surface area (Å²) >= 11 is 0. The van der Waals surface area contributed by atoms with Crippen molar-refractivity contribution in [3.8, 4) is 0 Å². The average Bonchev–Trinajstić information content (AvgIpc) is 2.18. The molecular weight excluding hydrogens is 184 g/mol. The van der Waals surface area contributed by atoms with Gasteiger partial charge in [-0.1, -0.05) is 19.1 Å². The third-order valence-corrected chi connectivity index (χ3v) is 2.61. The van der Waals surface area contributed by atoms with Gasteiger partial charge in [-0.05, 0) is 50.9 Å². The summed E-state index contributed by atoms with van der Waals surface area (Å²) < 4.78 is 0. The van der Waals surface area contributed by atoms with E-state index in [1.54, 1.807) is 0 Å². The summed E-state index contributed by atoms with van der Waals surface area (Å²) in [5.74, 6) is 0. The molecule has 0 aliphatic heterocycles. The maximum Gasteiger partial charge on any atom is 0.0344 e. The molecule has 0 atom stereocenters. The molecule has 0 spiro atoms. The third kappa shape index (κ3) is 3.92. The van der Waals surface area contributed by atoms with Gasteiger partial charge in [0, 0.05) is 11.2 Å². The van der Waals surface area contributed by atoms with Crippen LogP contribution in [0.25, 0.3) is 0 Å². The molecule has 0 saturated heterocycles. The minimum atomic E-state index is 0.0719. The van der Waals surface area contributed by atoms with E-state index in [-0.39, 0.29) is 5.54 Å². The molecule has 0 bridgehead atoms. The van der Waals surface area contributed by atoms with E-state index >= 15 is 0 Å². The van der Waals surface area contributed by atoms with Crippen LogP contribution in [0.2, 0.25) is 0 Å². The maximum atomic E-state index is 5.57. The summed E-state index contributed by atoms with van der Waals surface area (Å²) in [7, 11) is 0. The van der Waals surface area contributed by atoms with Gasteiger partial charge in [0.1, 0.15) is 0 Å². The van der Waals surface area contributed by atoms with Gasteiger partial charge in [-0.15, -0.1) is 0 Å². The fourth-order valence-electron chi connectivity index (χ4n) is 1.64. The Morgan fingerprint density at radius 2 is 1.80 bits per heavy atom. The van der Waals surface area contributed by atoms with Crippen LogP contribution < -0.4 is 11.1 Å². The van der Waals surface area contributed by atoms with Gasteiger partial charge in [-0.25, -0.2) is 0 Å². The van der Waals surface area contributed by atoms with Crippen molar-refractivity contribution in [1.82, 2.24) is 0 Å². The van der Waals surface area contributed by atoms with Gasteiger partial charge in [0.2, 0.25) is 0 Å². The largest absolute Gasteiger partial charge is 0.380 e. The van der Waals surface area contributed by atoms with Crippen molar-refractivity contribution in [2.75, 3.05) is 11.9 Å². The van der Waals surface area contributed by atoms with Crippen molar-refractivity contribution in [1.29, 1.82) is 0 Å². The first kappa shape index (κ1) is 12.1. The van der Waals surface area contributed by atoms with Crippen LogP contribution in [0.3, 0.4) is 0 Å². The van der Waals surface area contributed by atoms with Gasteiger partial charge in [-0.2, -0.15) is 0 Å². The van der Waals surface area contributed by atoms with Gasteiger partial charge >= 0.3 is 0 Å². The van der Waals surface area contributed by atoms with E-state index in [9.17, 15) is 0 Å². The van der Waals surface area contributed by atoms with Crippen LogP contribution in [0.4, 0.5) is 5.69 Å². The summed E-state index contributed by atoms with van der Waals surface area (Å²) in [4.78, 5) is 0. The summed E-state index contributed by atoms with van der Waals surface area (Å²) in [6.07, 6.45) is 2.06. The molecule has 0 unspecified atom stereocenters. The molecule has 84 valence electrons. The molecule has 0 saturated carbocycles. The number of nitrogens with two attached hydrogens (primary N) is 1. The first-order chi connectivity index (χ1) is 7.07. The van der Waals surface area contributed by atoms with E-state index in [1.165, 1.54) is 11.3 Å². The Kier molecular flexibility index (Phi) is 4.15. The molecule has 2 heteroatoms. The van der Waals surface area contributed by atoms with Crippen LogP contribution in [0.1, 0.15) is 32.8 Å². The fraction of sp³-hybridized carbons (Fsp3) is 0.538. The Balaban J connectivity index is 2.64. The second-order valence-electron chi connectivity index (χ2n) is 4.60. The van der Waals surface area contributed by atoms with Crippen LogP contribution in [0.15, 0.2) is 24.3 Å². The summed E-state index contributed by atoms with van der Waals surface area (Å²) in [6, 6.07) is 8.61. The predicted molar refractivity (Wildman–Crippen MR) is 67.2 cm³/mol. The number of hydrogen-bond donors (Lipinski definition) is 2. The topological polar surface area (TPSA) is 38.0 Å². The SMILES string of the molecule is CCc1ccc(NC(C)(C)CCN)cc1. The van der Waals surface area contributed by atoms with E-state index < -0.39 is 0 Å². The lowest BCUT2D eigenvalue weighted by Crippen LogP contribution is -2.33. The molecule has 0 aliphatic rings. The number of benzene rings is 1. The highest BCUT2D eigenvalue weighted by Gasteiger charge is 2.15. The standard InChI is InChI=1S/C13H22N2/c1-4-11-5-7-12(8-6-11)15-13(2,3)9-10-14/h5-8,15H,4,9-10,14H2,1-3H3. The zero-order valence-electron chi connectivity index (χ0n) is 10.0. The van der Waals surface area contributed by atoms with E-state index in [2.05, 4.69) is 50.4 Å². The first-order valence-electron chi connectivity index (χ1n) is 5.64. The second kappa shape index (κ2) is 5.17. The van der Waals surface area contributed by atoms with Crippen LogP contribution in [-0.4, -0.2) is 12.1 Å². The number of nitrogens with one attached hydrogen (secondary N) is 1. The van der Waals surface area contributed by atoms with E-state index in [0.29, 0.717) is 6.54 Å². The molecule has 0 amide bonds. The normalized spacial score (nSPS) is 11.5. The Morgan fingerprint density at radius 3 is 2.27 bits per heavy atom. The molecule has 1 aromatic rings. The van der Waals surface area contributed by atoms with Gasteiger partial charge in [0.25, 0.3) is 0 Å². The summed E-state index contributed by atoms with van der Waals surface area (Å²) in [5.41, 5.74) is 8.19. The summed E-state index contributed by atoms with van der Waals surface area (Å²) in [5, 5.41) is 3.49. The molecule has 0 aromatic heterocycles. The van der Waals surface area contributed by atoms with Crippen LogP contribution in [0, 0.1) is 0 Å². The Bertz CT molecular complexity index is 288. The number of aryl methyl sites for hydroxylation is 1. The quantitative estimate of drug-likeness (QED) is 0.777. The fourth-order valence-corrected chi connectivity index (χ4v) is 1.64. The van der Waals surface area contributed by atoms with Gasteiger partial charge < -0.3 is 11.1 Å². The van der Waals surface area contributed by atoms with Crippen LogP contribution in [-0.2, 0) is 6.42 Å². The predicted octanol–water partition coefficient (Wildman–Crippen LogP) is 2.79. The molecule has 0 fully saturated rings. The van der Waals surface area contributed by atoms with Gasteiger partial charge in [0.05, 0.1) is 0 Å². The molecule has 0 aliphatic carbocycles. The van der Waals surface area contributed by atoms with Crippen molar-refractivity contribution in [3.05, 3.63) is 29.8 Å². The molecule has 0 radical (unpaired) electrons. The van der Waals surface area contributed by atoms with Gasteiger partial charge in [-0.3, -0.25) is 0 Å². The highest BCUT2D eigenvalue weighted by molar-refractivity contribution is 5.46. The first-order valence-corrected chi connectivity index (χ1v) is 5.64. The number of anilines is 1. The molecule has 0 heterocycles. The second-order valence-corrected chi connectivity index (χ2v) is 4.60. The molecular formula is C13H22N2. The molecule has 3 N–H and O–H groups in total. The summed E-state index contributed by atoms with van der Waals surface area (Å²) in [6.45, 7) is 7.23. The highest BCUT2D eigenvalue weighted by Crippen LogP contribution is 2.18. The van der Waals surface area contributed by atoms with E-state index in [4.69, 9.17) is 5.73 Å². The highest BCUT2D eigenvalue weighted by atomic mass is 15.0. The molecule has 15 heavy (non-hydrogen) atoms. The number of rotatable bonds is 5. The zero-order valence-corrected chi connectivity index (χ0v) is 10.0. The third-order valence-electron chi connectivity index (χ3n) is 2.61. The zero-order chi connectivity index (χ0) is 11.3. The molecule has 1 aromatic carbocycles. The monoisotopic (exact) mass is 206 g/mol. The lowest BCUT2D eigenvalue weighted by Gasteiger charge is -2.27. The van der Waals surface area contributed by atoms with Crippen LogP contribution in [0.5, 0.6) is 0 Å². The minimum Gasteiger partial charge on any atom is -0.380 e. The Hall–Kier alpha value is -1.02. The van der Waals surface area contributed by atoms with Gasteiger partial charge in [0.15, 0.2) is 0 Å². The van der Waals surface area contributed by atoms with Crippen molar-refractivity contribution in [2.24, 2.45) is 5.73 Å². The Labute approximate surface area is 92.9 Å². The smallest absolute Gasteiger partial charge is 0.0344 e. The molecule has 2 nitrogen and oxygen atoms in total. The van der Waals surface area contributed by atoms with Crippen molar-refractivity contribution < 1.29 is 0 Å².